The first-order valence-corrected chi connectivity index (χ1v) is 7.79. The Morgan fingerprint density at radius 3 is 3.06 bits per heavy atom. The molecule has 1 aromatic heterocycles. The monoisotopic (exact) mass is 272 g/mol. The number of nitrogens with one attached hydrogen (secondary N) is 2. The van der Waals surface area contributed by atoms with Gasteiger partial charge in [-0.1, -0.05) is 0 Å². The van der Waals surface area contributed by atoms with Gasteiger partial charge in [-0.2, -0.15) is 5.10 Å². The lowest BCUT2D eigenvalue weighted by Gasteiger charge is -2.22. The molecule has 1 fully saturated rings. The van der Waals surface area contributed by atoms with Gasteiger partial charge in [0.25, 0.3) is 0 Å². The first-order chi connectivity index (χ1) is 8.58. The SMILES string of the molecule is Cn1cc(CCNS(=O)(=O)C2CCCNC2)cn1. The molecule has 6 nitrogen and oxygen atoms in total. The summed E-state index contributed by atoms with van der Waals surface area (Å²) in [5.74, 6) is 0. The number of rotatable bonds is 5. The van der Waals surface area contributed by atoms with Crippen molar-refractivity contribution in [2.45, 2.75) is 24.5 Å². The van der Waals surface area contributed by atoms with Crippen molar-refractivity contribution in [3.05, 3.63) is 18.0 Å². The molecule has 102 valence electrons. The van der Waals surface area contributed by atoms with Crippen LogP contribution in [0, 0.1) is 0 Å². The third-order valence-electron chi connectivity index (χ3n) is 3.17. The Balaban J connectivity index is 1.81. The van der Waals surface area contributed by atoms with E-state index in [9.17, 15) is 8.42 Å². The number of sulfonamides is 1. The molecule has 1 aliphatic rings. The molecule has 1 atom stereocenters. The van der Waals surface area contributed by atoms with Gasteiger partial charge in [0.1, 0.15) is 0 Å². The molecule has 1 saturated heterocycles. The van der Waals surface area contributed by atoms with Crippen molar-refractivity contribution in [3.8, 4) is 0 Å². The van der Waals surface area contributed by atoms with Crippen LogP contribution in [0.5, 0.6) is 0 Å². The highest BCUT2D eigenvalue weighted by Gasteiger charge is 2.26. The molecule has 18 heavy (non-hydrogen) atoms. The fourth-order valence-corrected chi connectivity index (χ4v) is 3.58. The molecule has 0 amide bonds. The van der Waals surface area contributed by atoms with E-state index in [-0.39, 0.29) is 5.25 Å². The van der Waals surface area contributed by atoms with Crippen LogP contribution in [0.2, 0.25) is 0 Å². The van der Waals surface area contributed by atoms with Crippen LogP contribution in [0.3, 0.4) is 0 Å². The van der Waals surface area contributed by atoms with Crippen LogP contribution in [-0.2, 0) is 23.5 Å². The Morgan fingerprint density at radius 1 is 1.61 bits per heavy atom. The molecule has 1 unspecified atom stereocenters. The molecule has 0 bridgehead atoms. The van der Waals surface area contributed by atoms with Crippen LogP contribution in [0.1, 0.15) is 18.4 Å². The van der Waals surface area contributed by atoms with Crippen LogP contribution >= 0.6 is 0 Å². The van der Waals surface area contributed by atoms with Crippen molar-refractivity contribution in [3.63, 3.8) is 0 Å². The van der Waals surface area contributed by atoms with Crippen molar-refractivity contribution < 1.29 is 8.42 Å². The zero-order valence-corrected chi connectivity index (χ0v) is 11.4. The zero-order valence-electron chi connectivity index (χ0n) is 10.6. The summed E-state index contributed by atoms with van der Waals surface area (Å²) in [6.07, 6.45) is 6.00. The maximum atomic E-state index is 12.0. The van der Waals surface area contributed by atoms with Gasteiger partial charge in [0.05, 0.1) is 11.4 Å². The van der Waals surface area contributed by atoms with E-state index in [1.807, 2.05) is 13.2 Å². The number of hydrogen-bond acceptors (Lipinski definition) is 4. The van der Waals surface area contributed by atoms with Gasteiger partial charge in [-0.25, -0.2) is 13.1 Å². The maximum Gasteiger partial charge on any atom is 0.215 e. The average molecular weight is 272 g/mol. The van der Waals surface area contributed by atoms with Crippen molar-refractivity contribution in [1.29, 1.82) is 0 Å². The summed E-state index contributed by atoms with van der Waals surface area (Å²) in [4.78, 5) is 0. The number of hydrogen-bond donors (Lipinski definition) is 2. The van der Waals surface area contributed by atoms with Gasteiger partial charge in [-0.15, -0.1) is 0 Å². The van der Waals surface area contributed by atoms with E-state index in [0.29, 0.717) is 19.5 Å². The van der Waals surface area contributed by atoms with E-state index in [1.165, 1.54) is 0 Å². The molecule has 0 spiro atoms. The fraction of sp³-hybridized carbons (Fsp3) is 0.727. The Hall–Kier alpha value is -0.920. The number of aromatic nitrogens is 2. The summed E-state index contributed by atoms with van der Waals surface area (Å²) in [7, 11) is -1.34. The predicted octanol–water partition coefficient (Wildman–Crippen LogP) is -0.366. The minimum Gasteiger partial charge on any atom is -0.315 e. The minimum atomic E-state index is -3.19. The largest absolute Gasteiger partial charge is 0.315 e. The summed E-state index contributed by atoms with van der Waals surface area (Å²) in [6, 6.07) is 0. The quantitative estimate of drug-likeness (QED) is 0.767. The molecule has 0 aliphatic carbocycles. The van der Waals surface area contributed by atoms with Crippen LogP contribution < -0.4 is 10.0 Å². The van der Waals surface area contributed by atoms with E-state index >= 15 is 0 Å². The van der Waals surface area contributed by atoms with Crippen LogP contribution in [0.4, 0.5) is 0 Å². The van der Waals surface area contributed by atoms with E-state index in [0.717, 1.165) is 24.9 Å². The second kappa shape index (κ2) is 5.81. The van der Waals surface area contributed by atoms with Gasteiger partial charge in [0.15, 0.2) is 0 Å². The normalized spacial score (nSPS) is 21.1. The number of nitrogens with zero attached hydrogens (tertiary/aromatic N) is 2. The van der Waals surface area contributed by atoms with Gasteiger partial charge in [0, 0.05) is 26.3 Å². The van der Waals surface area contributed by atoms with Crippen LogP contribution in [0.25, 0.3) is 0 Å². The minimum absolute atomic E-state index is 0.292. The van der Waals surface area contributed by atoms with Crippen molar-refractivity contribution in [2.75, 3.05) is 19.6 Å². The molecule has 1 aromatic rings. The molecular formula is C11H20N4O2S. The number of aryl methyl sites for hydroxylation is 1. The highest BCUT2D eigenvalue weighted by Crippen LogP contribution is 2.10. The second-order valence-electron chi connectivity index (χ2n) is 4.68. The summed E-state index contributed by atoms with van der Waals surface area (Å²) in [5, 5.41) is 6.88. The summed E-state index contributed by atoms with van der Waals surface area (Å²) >= 11 is 0. The van der Waals surface area contributed by atoms with Crippen molar-refractivity contribution in [1.82, 2.24) is 19.8 Å². The second-order valence-corrected chi connectivity index (χ2v) is 6.73. The lowest BCUT2D eigenvalue weighted by atomic mass is 10.2. The first-order valence-electron chi connectivity index (χ1n) is 6.24. The van der Waals surface area contributed by atoms with E-state index < -0.39 is 10.0 Å². The van der Waals surface area contributed by atoms with E-state index in [1.54, 1.807) is 10.9 Å². The van der Waals surface area contributed by atoms with Crippen LogP contribution in [-0.4, -0.2) is 43.1 Å². The molecule has 0 aromatic carbocycles. The maximum absolute atomic E-state index is 12.0. The molecule has 0 saturated carbocycles. The fourth-order valence-electron chi connectivity index (χ4n) is 2.14. The highest BCUT2D eigenvalue weighted by molar-refractivity contribution is 7.90. The van der Waals surface area contributed by atoms with Crippen molar-refractivity contribution in [2.24, 2.45) is 7.05 Å². The summed E-state index contributed by atoms with van der Waals surface area (Å²) < 4.78 is 28.4. The first kappa shape index (κ1) is 13.5. The number of piperidine rings is 1. The smallest absolute Gasteiger partial charge is 0.215 e. The van der Waals surface area contributed by atoms with Gasteiger partial charge < -0.3 is 5.32 Å². The lowest BCUT2D eigenvalue weighted by Crippen LogP contribution is -2.44. The lowest BCUT2D eigenvalue weighted by molar-refractivity contribution is 0.490. The molecule has 2 N–H and O–H groups in total. The van der Waals surface area contributed by atoms with Crippen molar-refractivity contribution >= 4 is 10.0 Å². The molecule has 7 heteroatoms. The van der Waals surface area contributed by atoms with E-state index in [2.05, 4.69) is 15.1 Å². The summed E-state index contributed by atoms with van der Waals surface area (Å²) in [6.45, 7) is 1.91. The third-order valence-corrected chi connectivity index (χ3v) is 5.05. The molecule has 2 rings (SSSR count). The predicted molar refractivity (Wildman–Crippen MR) is 69.7 cm³/mol. The summed E-state index contributed by atoms with van der Waals surface area (Å²) in [5.41, 5.74) is 1.04. The Morgan fingerprint density at radius 2 is 2.44 bits per heavy atom. The Bertz CT molecular complexity index is 477. The van der Waals surface area contributed by atoms with Gasteiger partial charge >= 0.3 is 0 Å². The molecule has 0 radical (unpaired) electrons. The average Bonchev–Trinajstić information content (AvgIpc) is 2.76. The standard InChI is InChI=1S/C11H20N4O2S/c1-15-9-10(7-13-15)4-6-14-18(16,17)11-3-2-5-12-8-11/h7,9,11-12,14H,2-6,8H2,1H3. The highest BCUT2D eigenvalue weighted by atomic mass is 32.2. The topological polar surface area (TPSA) is 76.0 Å². The molecule has 2 heterocycles. The van der Waals surface area contributed by atoms with Gasteiger partial charge in [-0.3, -0.25) is 4.68 Å². The third kappa shape index (κ3) is 3.54. The Kier molecular flexibility index (Phi) is 4.36. The zero-order chi connectivity index (χ0) is 13.0. The molecular weight excluding hydrogens is 252 g/mol. The van der Waals surface area contributed by atoms with Gasteiger partial charge in [-0.05, 0) is 31.4 Å². The van der Waals surface area contributed by atoms with E-state index in [4.69, 9.17) is 0 Å². The van der Waals surface area contributed by atoms with Gasteiger partial charge in [0.2, 0.25) is 10.0 Å². The van der Waals surface area contributed by atoms with Crippen LogP contribution in [0.15, 0.2) is 12.4 Å². The Labute approximate surface area is 108 Å². The molecule has 1 aliphatic heterocycles.